The highest BCUT2D eigenvalue weighted by Crippen LogP contribution is 2.48. The van der Waals surface area contributed by atoms with Crippen LogP contribution in [0.25, 0.3) is 10.8 Å². The second kappa shape index (κ2) is 8.24. The Morgan fingerprint density at radius 3 is 1.54 bits per heavy atom. The Balaban J connectivity index is 2.97. The minimum atomic E-state index is -2.04. The highest BCUT2D eigenvalue weighted by Gasteiger charge is 2.40. The first-order valence-corrected chi connectivity index (χ1v) is 12.9. The van der Waals surface area contributed by atoms with Crippen molar-refractivity contribution in [3.63, 3.8) is 0 Å². The lowest BCUT2D eigenvalue weighted by Crippen LogP contribution is -2.44. The summed E-state index contributed by atoms with van der Waals surface area (Å²) in [5.74, 6) is 3.27. The quantitative estimate of drug-likeness (QED) is 0.502. The predicted octanol–water partition coefficient (Wildman–Crippen LogP) is 6.37. The Labute approximate surface area is 171 Å². The average Bonchev–Trinajstić information content (AvgIpc) is 2.65. The van der Waals surface area contributed by atoms with Crippen LogP contribution in [0.1, 0.15) is 45.7 Å². The van der Waals surface area contributed by atoms with E-state index in [4.69, 9.17) is 18.6 Å². The highest BCUT2D eigenvalue weighted by atomic mass is 28.4. The van der Waals surface area contributed by atoms with E-state index in [-0.39, 0.29) is 5.04 Å². The molecule has 0 spiro atoms. The van der Waals surface area contributed by atoms with Gasteiger partial charge in [-0.2, -0.15) is 0 Å². The summed E-state index contributed by atoms with van der Waals surface area (Å²) < 4.78 is 23.9. The van der Waals surface area contributed by atoms with Crippen molar-refractivity contribution in [1.82, 2.24) is 0 Å². The number of hydrogen-bond donors (Lipinski definition) is 0. The zero-order valence-corrected chi connectivity index (χ0v) is 20.2. The third kappa shape index (κ3) is 3.82. The van der Waals surface area contributed by atoms with Gasteiger partial charge in [0.1, 0.15) is 11.5 Å². The van der Waals surface area contributed by atoms with Gasteiger partial charge in [-0.05, 0) is 48.7 Å². The van der Waals surface area contributed by atoms with Gasteiger partial charge >= 0.3 is 0 Å². The van der Waals surface area contributed by atoms with Crippen LogP contribution in [0.2, 0.25) is 18.1 Å². The zero-order valence-electron chi connectivity index (χ0n) is 19.2. The van der Waals surface area contributed by atoms with Gasteiger partial charge in [0, 0.05) is 16.3 Å². The van der Waals surface area contributed by atoms with Crippen molar-refractivity contribution in [3.05, 3.63) is 23.3 Å². The molecule has 0 aromatic heterocycles. The average molecular weight is 405 g/mol. The fourth-order valence-corrected chi connectivity index (χ4v) is 4.41. The molecule has 5 heteroatoms. The van der Waals surface area contributed by atoms with Crippen LogP contribution in [0.5, 0.6) is 23.0 Å². The minimum Gasteiger partial charge on any atom is -0.543 e. The summed E-state index contributed by atoms with van der Waals surface area (Å²) in [6.45, 7) is 15.7. The number of hydrogen-bond acceptors (Lipinski definition) is 4. The first-order valence-electron chi connectivity index (χ1n) is 10.0. The van der Waals surface area contributed by atoms with Crippen molar-refractivity contribution in [3.8, 4) is 23.0 Å². The monoisotopic (exact) mass is 404 g/mol. The topological polar surface area (TPSA) is 36.9 Å². The summed E-state index contributed by atoms with van der Waals surface area (Å²) in [5.41, 5.74) is 2.43. The molecule has 28 heavy (non-hydrogen) atoms. The van der Waals surface area contributed by atoms with Crippen LogP contribution in [0.4, 0.5) is 0 Å². The van der Waals surface area contributed by atoms with Crippen LogP contribution in [0.15, 0.2) is 12.1 Å². The van der Waals surface area contributed by atoms with Gasteiger partial charge in [-0.25, -0.2) is 0 Å². The third-order valence-corrected chi connectivity index (χ3v) is 10.3. The molecule has 0 N–H and O–H groups in total. The molecular weight excluding hydrogens is 368 g/mol. The standard InChI is InChI=1S/C23H36O4Si/c1-11-15-16(12-2)22(27-28(9,10)23(3,4)5)18-14-20(25-7)19(24-6)13-17(18)21(15)26-8/h13-14H,11-12H2,1-10H3. The maximum absolute atomic E-state index is 6.90. The molecule has 0 radical (unpaired) electrons. The van der Waals surface area contributed by atoms with E-state index in [0.29, 0.717) is 11.5 Å². The fourth-order valence-electron chi connectivity index (χ4n) is 3.36. The molecule has 2 rings (SSSR count). The Morgan fingerprint density at radius 2 is 1.18 bits per heavy atom. The molecule has 2 aromatic carbocycles. The maximum Gasteiger partial charge on any atom is 0.250 e. The Bertz CT molecular complexity index is 850. The van der Waals surface area contributed by atoms with E-state index in [1.807, 2.05) is 12.1 Å². The second-order valence-corrected chi connectivity index (χ2v) is 13.4. The molecule has 0 atom stereocenters. The molecule has 0 saturated carbocycles. The van der Waals surface area contributed by atoms with Crippen LogP contribution in [0, 0.1) is 0 Å². The largest absolute Gasteiger partial charge is 0.543 e. The van der Waals surface area contributed by atoms with E-state index < -0.39 is 8.32 Å². The van der Waals surface area contributed by atoms with Crippen LogP contribution in [-0.2, 0) is 12.8 Å². The Morgan fingerprint density at radius 1 is 0.750 bits per heavy atom. The van der Waals surface area contributed by atoms with Crippen LogP contribution >= 0.6 is 0 Å². The molecular formula is C23H36O4Si. The van der Waals surface area contributed by atoms with Crippen molar-refractivity contribution in [1.29, 1.82) is 0 Å². The van der Waals surface area contributed by atoms with Gasteiger partial charge in [0.25, 0.3) is 8.32 Å². The van der Waals surface area contributed by atoms with Crippen LogP contribution in [0.3, 0.4) is 0 Å². The van der Waals surface area contributed by atoms with E-state index in [0.717, 1.165) is 35.1 Å². The third-order valence-electron chi connectivity index (χ3n) is 6.00. The maximum atomic E-state index is 6.90. The smallest absolute Gasteiger partial charge is 0.250 e. The van der Waals surface area contributed by atoms with Crippen molar-refractivity contribution >= 4 is 19.1 Å². The van der Waals surface area contributed by atoms with Gasteiger partial charge in [0.05, 0.1) is 21.3 Å². The lowest BCUT2D eigenvalue weighted by atomic mass is 9.94. The molecule has 0 aliphatic carbocycles. The first kappa shape index (κ1) is 22.4. The Kier molecular flexibility index (Phi) is 6.59. The van der Waals surface area contributed by atoms with Crippen molar-refractivity contribution < 1.29 is 18.6 Å². The van der Waals surface area contributed by atoms with Gasteiger partial charge in [-0.15, -0.1) is 0 Å². The SMILES string of the molecule is CCc1c(CC)c(O[Si](C)(C)C(C)(C)C)c2cc(OC)c(OC)cc2c1OC. The fraction of sp³-hybridized carbons (Fsp3) is 0.565. The second-order valence-electron chi connectivity index (χ2n) is 8.64. The van der Waals surface area contributed by atoms with Gasteiger partial charge in [-0.3, -0.25) is 0 Å². The molecule has 4 nitrogen and oxygen atoms in total. The van der Waals surface area contributed by atoms with Gasteiger partial charge in [0.15, 0.2) is 11.5 Å². The molecule has 0 fully saturated rings. The molecule has 0 unspecified atom stereocenters. The summed E-state index contributed by atoms with van der Waals surface area (Å²) in [7, 11) is 3.02. The van der Waals surface area contributed by atoms with Crippen LogP contribution < -0.4 is 18.6 Å². The molecule has 0 aliphatic heterocycles. The predicted molar refractivity (Wildman–Crippen MR) is 120 cm³/mol. The van der Waals surface area contributed by atoms with E-state index in [2.05, 4.69) is 47.7 Å². The molecule has 0 heterocycles. The number of rotatable bonds is 7. The van der Waals surface area contributed by atoms with Crippen molar-refractivity contribution in [2.75, 3.05) is 21.3 Å². The number of benzene rings is 2. The number of fused-ring (bicyclic) bond motifs is 1. The molecule has 156 valence electrons. The zero-order chi connectivity index (χ0) is 21.3. The molecule has 0 saturated heterocycles. The molecule has 0 aliphatic rings. The summed E-state index contributed by atoms with van der Waals surface area (Å²) in [6, 6.07) is 4.03. The molecule has 0 bridgehead atoms. The van der Waals surface area contributed by atoms with Crippen molar-refractivity contribution in [2.45, 2.75) is 65.6 Å². The van der Waals surface area contributed by atoms with Crippen LogP contribution in [-0.4, -0.2) is 29.6 Å². The Hall–Kier alpha value is -1.88. The van der Waals surface area contributed by atoms with E-state index in [1.165, 1.54) is 11.1 Å². The molecule has 0 amide bonds. The highest BCUT2D eigenvalue weighted by molar-refractivity contribution is 6.74. The lowest BCUT2D eigenvalue weighted by molar-refractivity contribution is 0.355. The lowest BCUT2D eigenvalue weighted by Gasteiger charge is -2.38. The van der Waals surface area contributed by atoms with Gasteiger partial charge in [0.2, 0.25) is 0 Å². The first-order chi connectivity index (χ1) is 13.1. The van der Waals surface area contributed by atoms with Crippen molar-refractivity contribution in [2.24, 2.45) is 0 Å². The number of methoxy groups -OCH3 is 3. The summed E-state index contributed by atoms with van der Waals surface area (Å²) >= 11 is 0. The summed E-state index contributed by atoms with van der Waals surface area (Å²) in [4.78, 5) is 0. The normalized spacial score (nSPS) is 12.2. The molecule has 2 aromatic rings. The van der Waals surface area contributed by atoms with Gasteiger partial charge < -0.3 is 18.6 Å². The minimum absolute atomic E-state index is 0.104. The van der Waals surface area contributed by atoms with E-state index >= 15 is 0 Å². The van der Waals surface area contributed by atoms with E-state index in [1.54, 1.807) is 21.3 Å². The van der Waals surface area contributed by atoms with Gasteiger partial charge in [-0.1, -0.05) is 34.6 Å². The number of ether oxygens (including phenoxy) is 3. The summed E-state index contributed by atoms with van der Waals surface area (Å²) in [5, 5.41) is 2.13. The van der Waals surface area contributed by atoms with E-state index in [9.17, 15) is 0 Å². The summed E-state index contributed by atoms with van der Waals surface area (Å²) in [6.07, 6.45) is 1.76.